The van der Waals surface area contributed by atoms with Crippen LogP contribution in [0.15, 0.2) is 279 Å². The lowest BCUT2D eigenvalue weighted by molar-refractivity contribution is 0.794. The van der Waals surface area contributed by atoms with E-state index in [1.165, 1.54) is 145 Å². The van der Waals surface area contributed by atoms with Crippen LogP contribution in [0.1, 0.15) is 44.5 Å². The van der Waals surface area contributed by atoms with Gasteiger partial charge in [0.25, 0.3) is 0 Å². The molecule has 0 heteroatoms. The van der Waals surface area contributed by atoms with Gasteiger partial charge in [0, 0.05) is 0 Å². The summed E-state index contributed by atoms with van der Waals surface area (Å²) in [6, 6.07) is 105. The van der Waals surface area contributed by atoms with E-state index in [9.17, 15) is 0 Å². The van der Waals surface area contributed by atoms with Crippen molar-refractivity contribution in [3.8, 4) is 100 Å². The highest BCUT2D eigenvalue weighted by atomic mass is 14.5. The van der Waals surface area contributed by atoms with E-state index in [-0.39, 0.29) is 10.8 Å². The Hall–Kier alpha value is -9.36. The summed E-state index contributed by atoms with van der Waals surface area (Å²) >= 11 is 0. The van der Waals surface area contributed by atoms with Gasteiger partial charge in [-0.1, -0.05) is 249 Å². The number of hydrogen-bond acceptors (Lipinski definition) is 0. The monoisotopic (exact) mass is 934 g/mol. The Morgan fingerprint density at radius 1 is 0.135 bits per heavy atom. The van der Waals surface area contributed by atoms with Gasteiger partial charge in [-0.25, -0.2) is 0 Å². The highest BCUT2D eigenvalue weighted by Gasteiger charge is 2.53. The van der Waals surface area contributed by atoms with Gasteiger partial charge in [-0.05, 0) is 175 Å². The van der Waals surface area contributed by atoms with Gasteiger partial charge in [0.05, 0.1) is 10.8 Å². The Morgan fingerprint density at radius 3 is 0.608 bits per heavy atom. The third-order valence-corrected chi connectivity index (χ3v) is 17.1. The van der Waals surface area contributed by atoms with Crippen LogP contribution in [0.2, 0.25) is 0 Å². The zero-order valence-electron chi connectivity index (χ0n) is 40.6. The molecule has 0 saturated heterocycles. The molecule has 0 aliphatic heterocycles. The van der Waals surface area contributed by atoms with Crippen molar-refractivity contribution in [3.05, 3.63) is 324 Å². The molecule has 12 aromatic carbocycles. The lowest BCUT2D eigenvalue weighted by Gasteiger charge is -2.30. The summed E-state index contributed by atoms with van der Waals surface area (Å²) in [7, 11) is 0. The number of hydrogen-bond donors (Lipinski definition) is 0. The molecule has 0 aromatic heterocycles. The largest absolute Gasteiger partial charge is 0.0725 e. The Labute approximate surface area is 432 Å². The van der Waals surface area contributed by atoms with E-state index in [2.05, 4.69) is 279 Å². The van der Waals surface area contributed by atoms with E-state index in [4.69, 9.17) is 0 Å². The molecule has 4 aliphatic rings. The Balaban J connectivity index is 0.716. The van der Waals surface area contributed by atoms with Crippen molar-refractivity contribution in [1.82, 2.24) is 0 Å². The second-order valence-corrected chi connectivity index (χ2v) is 20.6. The van der Waals surface area contributed by atoms with E-state index < -0.39 is 0 Å². The molecule has 0 heterocycles. The van der Waals surface area contributed by atoms with Crippen LogP contribution in [0.3, 0.4) is 0 Å². The summed E-state index contributed by atoms with van der Waals surface area (Å²) in [6.45, 7) is 0. The molecule has 16 rings (SSSR count). The number of rotatable bonds is 5. The third kappa shape index (κ3) is 5.57. The van der Waals surface area contributed by atoms with Crippen LogP contribution in [0, 0.1) is 0 Å². The van der Waals surface area contributed by atoms with Gasteiger partial charge in [-0.15, -0.1) is 0 Å². The van der Waals surface area contributed by atoms with Gasteiger partial charge < -0.3 is 0 Å². The Bertz CT molecular complexity index is 4190. The van der Waals surface area contributed by atoms with Crippen LogP contribution in [-0.2, 0) is 10.8 Å². The van der Waals surface area contributed by atoms with E-state index in [0.717, 1.165) is 0 Å². The van der Waals surface area contributed by atoms with Crippen molar-refractivity contribution < 1.29 is 0 Å². The normalized spacial score (nSPS) is 13.9. The molecule has 342 valence electrons. The predicted molar refractivity (Wildman–Crippen MR) is 306 cm³/mol. The first-order valence-corrected chi connectivity index (χ1v) is 26.0. The molecule has 0 atom stereocenters. The Kier molecular flexibility index (Phi) is 8.68. The van der Waals surface area contributed by atoms with Gasteiger partial charge in [-0.2, -0.15) is 0 Å². The molecule has 0 amide bonds. The second-order valence-electron chi connectivity index (χ2n) is 20.6. The zero-order valence-corrected chi connectivity index (χ0v) is 40.6. The first kappa shape index (κ1) is 41.3. The highest BCUT2D eigenvalue weighted by molar-refractivity contribution is 5.98. The summed E-state index contributed by atoms with van der Waals surface area (Å²) in [5.41, 5.74) is 32.9. The lowest BCUT2D eigenvalue weighted by Crippen LogP contribution is -2.25. The van der Waals surface area contributed by atoms with Crippen LogP contribution < -0.4 is 0 Å². The lowest BCUT2D eigenvalue weighted by atomic mass is 9.70. The van der Waals surface area contributed by atoms with Crippen LogP contribution in [0.25, 0.3) is 100 Å². The zero-order chi connectivity index (χ0) is 48.5. The summed E-state index contributed by atoms with van der Waals surface area (Å²) in [5.74, 6) is 0. The maximum Gasteiger partial charge on any atom is 0.0725 e. The summed E-state index contributed by atoms with van der Waals surface area (Å²) < 4.78 is 0. The van der Waals surface area contributed by atoms with E-state index in [1.807, 2.05) is 0 Å². The topological polar surface area (TPSA) is 0 Å². The van der Waals surface area contributed by atoms with Gasteiger partial charge in [0.2, 0.25) is 0 Å². The van der Waals surface area contributed by atoms with Crippen molar-refractivity contribution in [2.24, 2.45) is 0 Å². The van der Waals surface area contributed by atoms with Crippen molar-refractivity contribution in [3.63, 3.8) is 0 Å². The van der Waals surface area contributed by atoms with Gasteiger partial charge in [0.1, 0.15) is 0 Å². The molecule has 74 heavy (non-hydrogen) atoms. The maximum atomic E-state index is 2.48. The van der Waals surface area contributed by atoms with Gasteiger partial charge in [0.15, 0.2) is 0 Å². The molecule has 0 nitrogen and oxygen atoms in total. The van der Waals surface area contributed by atoms with E-state index >= 15 is 0 Å². The standard InChI is InChI=1S/C74H46/c1-7-28-65-57(22-1)58-23-2-8-29-66(58)73(65)69-32-11-5-26-61(69)63-40-38-55(45-71(63)73)53-20-14-17-50(43-53)48-36-34-47(35-37-48)49-16-13-18-51(42-49)52-19-15-21-54(44-52)56-39-41-64-62-27-6-12-33-70(62)74(72(64)46-56)67-30-9-3-24-59(67)60-25-4-10-31-68(60)74/h1-46H. The fraction of sp³-hybridized carbons (Fsp3) is 0.0270. The minimum atomic E-state index is -0.365. The molecular weight excluding hydrogens is 889 g/mol. The van der Waals surface area contributed by atoms with Crippen molar-refractivity contribution in [2.75, 3.05) is 0 Å². The highest BCUT2D eigenvalue weighted by Crippen LogP contribution is 2.65. The molecule has 4 aliphatic carbocycles. The first-order valence-electron chi connectivity index (χ1n) is 26.0. The van der Waals surface area contributed by atoms with Crippen LogP contribution >= 0.6 is 0 Å². The summed E-state index contributed by atoms with van der Waals surface area (Å²) in [4.78, 5) is 0. The molecule has 0 N–H and O–H groups in total. The minimum absolute atomic E-state index is 0.362. The smallest absolute Gasteiger partial charge is 0.0619 e. The second kappa shape index (κ2) is 15.6. The van der Waals surface area contributed by atoms with E-state index in [1.54, 1.807) is 0 Å². The first-order chi connectivity index (χ1) is 36.7. The molecular formula is C74H46. The average molecular weight is 935 g/mol. The third-order valence-electron chi connectivity index (χ3n) is 17.1. The van der Waals surface area contributed by atoms with E-state index in [0.29, 0.717) is 0 Å². The predicted octanol–water partition coefficient (Wildman–Crippen LogP) is 18.7. The summed E-state index contributed by atoms with van der Waals surface area (Å²) in [6.07, 6.45) is 0. The maximum absolute atomic E-state index is 2.48. The molecule has 2 spiro atoms. The molecule has 0 bridgehead atoms. The molecule has 0 fully saturated rings. The van der Waals surface area contributed by atoms with Crippen LogP contribution in [-0.4, -0.2) is 0 Å². The number of fused-ring (bicyclic) bond motifs is 20. The molecule has 12 aromatic rings. The molecule has 0 radical (unpaired) electrons. The van der Waals surface area contributed by atoms with Crippen LogP contribution in [0.4, 0.5) is 0 Å². The van der Waals surface area contributed by atoms with Gasteiger partial charge >= 0.3 is 0 Å². The molecule has 0 unspecified atom stereocenters. The quantitative estimate of drug-likeness (QED) is 0.161. The van der Waals surface area contributed by atoms with Crippen LogP contribution in [0.5, 0.6) is 0 Å². The SMILES string of the molecule is c1cc(-c2ccc(-c3cccc(-c4ccc5c(c4)C4(c6ccccc6-c6ccccc64)c4ccccc4-5)c3)cc2)cc(-c2cccc(-c3ccc4c(c3)C3(c5ccccc5-c5ccccc53)c3ccccc3-4)c2)c1. The Morgan fingerprint density at radius 2 is 0.338 bits per heavy atom. The van der Waals surface area contributed by atoms with Crippen molar-refractivity contribution >= 4 is 0 Å². The minimum Gasteiger partial charge on any atom is -0.0619 e. The average Bonchev–Trinajstić information content (AvgIpc) is 4.34. The molecule has 0 saturated carbocycles. The fourth-order valence-corrected chi connectivity index (χ4v) is 14.0. The van der Waals surface area contributed by atoms with Gasteiger partial charge in [-0.3, -0.25) is 0 Å². The number of benzene rings is 12. The fourth-order valence-electron chi connectivity index (χ4n) is 14.0. The van der Waals surface area contributed by atoms with Crippen molar-refractivity contribution in [1.29, 1.82) is 0 Å². The van der Waals surface area contributed by atoms with Crippen molar-refractivity contribution in [2.45, 2.75) is 10.8 Å². The summed E-state index contributed by atoms with van der Waals surface area (Å²) in [5, 5.41) is 0.